The van der Waals surface area contributed by atoms with Crippen molar-refractivity contribution in [3.63, 3.8) is 0 Å². The van der Waals surface area contributed by atoms with E-state index in [1.165, 1.54) is 19.2 Å². The number of esters is 1. The summed E-state index contributed by atoms with van der Waals surface area (Å²) in [5, 5.41) is 0.854. The van der Waals surface area contributed by atoms with E-state index < -0.39 is 5.97 Å². The number of fused-ring (bicyclic) bond motifs is 2. The number of carbonyl (C=O) groups excluding carboxylic acids is 1. The lowest BCUT2D eigenvalue weighted by Gasteiger charge is -2.09. The van der Waals surface area contributed by atoms with Crippen LogP contribution in [0.25, 0.3) is 39.3 Å². The molecule has 5 rings (SSSR count). The highest BCUT2D eigenvalue weighted by atomic mass is 19.1. The Morgan fingerprint density at radius 2 is 1.87 bits per heavy atom. The van der Waals surface area contributed by atoms with Crippen LogP contribution in [0.1, 0.15) is 10.4 Å². The molecule has 3 heterocycles. The summed E-state index contributed by atoms with van der Waals surface area (Å²) in [6.45, 7) is 0. The molecule has 0 spiro atoms. The van der Waals surface area contributed by atoms with Crippen molar-refractivity contribution in [2.75, 3.05) is 7.11 Å². The van der Waals surface area contributed by atoms with E-state index >= 15 is 0 Å². The highest BCUT2D eigenvalue weighted by Gasteiger charge is 2.18. The van der Waals surface area contributed by atoms with Crippen LogP contribution in [0.5, 0.6) is 0 Å². The molecule has 8 heteroatoms. The molecule has 2 aromatic carbocycles. The van der Waals surface area contributed by atoms with Gasteiger partial charge in [-0.2, -0.15) is 4.98 Å². The first kappa shape index (κ1) is 18.0. The summed E-state index contributed by atoms with van der Waals surface area (Å²) < 4.78 is 21.9. The van der Waals surface area contributed by atoms with Crippen molar-refractivity contribution in [2.45, 2.75) is 0 Å². The highest BCUT2D eigenvalue weighted by molar-refractivity contribution is 6.02. The molecule has 3 aromatic heterocycles. The fourth-order valence-electron chi connectivity index (χ4n) is 3.53. The maximum atomic E-state index is 13.4. The molecule has 0 aliphatic carbocycles. The number of imidazole rings is 1. The van der Waals surface area contributed by atoms with Gasteiger partial charge >= 0.3 is 5.97 Å². The lowest BCUT2D eigenvalue weighted by atomic mass is 10.1. The van der Waals surface area contributed by atoms with Crippen molar-refractivity contribution >= 4 is 28.0 Å². The van der Waals surface area contributed by atoms with Gasteiger partial charge in [0.25, 0.3) is 0 Å². The summed E-state index contributed by atoms with van der Waals surface area (Å²) in [6, 6.07) is 13.4. The first-order valence-electron chi connectivity index (χ1n) is 9.20. The molecule has 0 aliphatic rings. The molecule has 0 aliphatic heterocycles. The van der Waals surface area contributed by atoms with E-state index in [1.54, 1.807) is 35.2 Å². The molecule has 0 N–H and O–H groups in total. The minimum atomic E-state index is -0.461. The zero-order valence-corrected chi connectivity index (χ0v) is 16.2. The Morgan fingerprint density at radius 1 is 1.07 bits per heavy atom. The molecule has 5 aromatic rings. The normalized spacial score (nSPS) is 11.3. The number of aromatic nitrogens is 5. The van der Waals surface area contributed by atoms with Gasteiger partial charge in [0.15, 0.2) is 0 Å². The van der Waals surface area contributed by atoms with Crippen LogP contribution in [0.15, 0.2) is 61.1 Å². The Hall–Kier alpha value is -4.07. The lowest BCUT2D eigenvalue weighted by Crippen LogP contribution is -2.04. The number of halogens is 1. The van der Waals surface area contributed by atoms with Crippen LogP contribution in [-0.4, -0.2) is 37.2 Å². The van der Waals surface area contributed by atoms with Crippen LogP contribution in [0, 0.1) is 5.82 Å². The monoisotopic (exact) mass is 401 g/mol. The zero-order valence-electron chi connectivity index (χ0n) is 16.2. The van der Waals surface area contributed by atoms with Gasteiger partial charge in [-0.1, -0.05) is 6.07 Å². The first-order chi connectivity index (χ1) is 14.6. The van der Waals surface area contributed by atoms with Crippen molar-refractivity contribution in [1.29, 1.82) is 0 Å². The third-order valence-corrected chi connectivity index (χ3v) is 5.03. The number of rotatable bonds is 3. The fraction of sp³-hybridized carbons (Fsp3) is 0.0909. The van der Waals surface area contributed by atoms with Gasteiger partial charge < -0.3 is 9.30 Å². The molecule has 0 radical (unpaired) electrons. The largest absolute Gasteiger partial charge is 0.465 e. The van der Waals surface area contributed by atoms with E-state index in [1.807, 2.05) is 29.9 Å². The van der Waals surface area contributed by atoms with Gasteiger partial charge in [-0.15, -0.1) is 0 Å². The molecule has 148 valence electrons. The zero-order chi connectivity index (χ0) is 20.8. The average molecular weight is 401 g/mol. The van der Waals surface area contributed by atoms with Crippen molar-refractivity contribution in [2.24, 2.45) is 7.05 Å². The SMILES string of the molecule is COC(=O)c1cccc2c1ncn2-c1nc(-c2ccc(F)cc2)c2ccn(C)c2n1. The van der Waals surface area contributed by atoms with Gasteiger partial charge in [0, 0.05) is 24.2 Å². The predicted octanol–water partition coefficient (Wildman–Crippen LogP) is 3.90. The van der Waals surface area contributed by atoms with Crippen LogP contribution in [0.4, 0.5) is 4.39 Å². The maximum Gasteiger partial charge on any atom is 0.340 e. The molecule has 0 atom stereocenters. The molecular formula is C22H16FN5O2. The minimum Gasteiger partial charge on any atom is -0.465 e. The molecule has 7 nitrogen and oxygen atoms in total. The van der Waals surface area contributed by atoms with Gasteiger partial charge in [0.1, 0.15) is 23.3 Å². The number of hydrogen-bond donors (Lipinski definition) is 0. The van der Waals surface area contributed by atoms with E-state index in [-0.39, 0.29) is 5.82 Å². The molecule has 30 heavy (non-hydrogen) atoms. The summed E-state index contributed by atoms with van der Waals surface area (Å²) in [5.41, 5.74) is 3.73. The van der Waals surface area contributed by atoms with Crippen LogP contribution in [0.2, 0.25) is 0 Å². The number of benzene rings is 2. The Morgan fingerprint density at radius 3 is 2.63 bits per heavy atom. The molecule has 0 saturated heterocycles. The standard InChI is InChI=1S/C22H16FN5O2/c1-27-11-10-15-18(13-6-8-14(23)9-7-13)25-22(26-20(15)27)28-12-24-19-16(21(29)30-2)4-3-5-17(19)28/h3-12H,1-2H3. The number of methoxy groups -OCH3 is 1. The third-order valence-electron chi connectivity index (χ3n) is 5.03. The second-order valence-electron chi connectivity index (χ2n) is 6.82. The summed E-state index contributed by atoms with van der Waals surface area (Å²) in [6.07, 6.45) is 3.48. The van der Waals surface area contributed by atoms with Crippen molar-refractivity contribution in [1.82, 2.24) is 24.1 Å². The lowest BCUT2D eigenvalue weighted by molar-refractivity contribution is 0.0603. The van der Waals surface area contributed by atoms with Gasteiger partial charge in [-0.05, 0) is 42.5 Å². The van der Waals surface area contributed by atoms with E-state index in [9.17, 15) is 9.18 Å². The number of ether oxygens (including phenoxy) is 1. The number of aryl methyl sites for hydroxylation is 1. The molecule has 0 bridgehead atoms. The summed E-state index contributed by atoms with van der Waals surface area (Å²) in [7, 11) is 3.23. The minimum absolute atomic E-state index is 0.312. The first-order valence-corrected chi connectivity index (χ1v) is 9.20. The smallest absolute Gasteiger partial charge is 0.340 e. The number of para-hydroxylation sites is 1. The highest BCUT2D eigenvalue weighted by Crippen LogP contribution is 2.29. The van der Waals surface area contributed by atoms with Gasteiger partial charge in [-0.25, -0.2) is 19.2 Å². The summed E-state index contributed by atoms with van der Waals surface area (Å²) in [5.74, 6) is -0.377. The third kappa shape index (κ3) is 2.73. The Kier molecular flexibility index (Phi) is 4.06. The van der Waals surface area contributed by atoms with Crippen LogP contribution < -0.4 is 0 Å². The van der Waals surface area contributed by atoms with Crippen molar-refractivity contribution < 1.29 is 13.9 Å². The molecular weight excluding hydrogens is 385 g/mol. The van der Waals surface area contributed by atoms with Crippen molar-refractivity contribution in [3.05, 3.63) is 72.4 Å². The fourth-order valence-corrected chi connectivity index (χ4v) is 3.53. The van der Waals surface area contributed by atoms with Gasteiger partial charge in [0.05, 0.1) is 23.9 Å². The van der Waals surface area contributed by atoms with E-state index in [2.05, 4.69) is 4.98 Å². The van der Waals surface area contributed by atoms with Crippen LogP contribution >= 0.6 is 0 Å². The van der Waals surface area contributed by atoms with Crippen LogP contribution in [-0.2, 0) is 11.8 Å². The molecule has 0 amide bonds. The maximum absolute atomic E-state index is 13.4. The molecule has 0 fully saturated rings. The quantitative estimate of drug-likeness (QED) is 0.429. The Bertz CT molecular complexity index is 1420. The van der Waals surface area contributed by atoms with Crippen molar-refractivity contribution in [3.8, 4) is 17.2 Å². The Balaban J connectivity index is 1.77. The van der Waals surface area contributed by atoms with Gasteiger partial charge in [-0.3, -0.25) is 4.57 Å². The number of hydrogen-bond acceptors (Lipinski definition) is 5. The summed E-state index contributed by atoms with van der Waals surface area (Å²) >= 11 is 0. The van der Waals surface area contributed by atoms with E-state index in [0.717, 1.165) is 16.6 Å². The average Bonchev–Trinajstić information content (AvgIpc) is 3.37. The summed E-state index contributed by atoms with van der Waals surface area (Å²) in [4.78, 5) is 26.0. The topological polar surface area (TPSA) is 74.8 Å². The number of carbonyl (C=O) groups is 1. The van der Waals surface area contributed by atoms with Crippen LogP contribution in [0.3, 0.4) is 0 Å². The predicted molar refractivity (Wildman–Crippen MR) is 110 cm³/mol. The molecule has 0 unspecified atom stereocenters. The second-order valence-corrected chi connectivity index (χ2v) is 6.82. The second kappa shape index (κ2) is 6.77. The van der Waals surface area contributed by atoms with Gasteiger partial charge in [0.2, 0.25) is 5.95 Å². The van der Waals surface area contributed by atoms with E-state index in [0.29, 0.717) is 28.2 Å². The molecule has 0 saturated carbocycles. The Labute approximate surface area is 170 Å². The van der Waals surface area contributed by atoms with E-state index in [4.69, 9.17) is 14.7 Å². The number of nitrogens with zero attached hydrogens (tertiary/aromatic N) is 5.